The number of pyridine rings is 1. The van der Waals surface area contributed by atoms with Crippen molar-refractivity contribution >= 4 is 44.2 Å². The quantitative estimate of drug-likeness (QED) is 0.223. The van der Waals surface area contributed by atoms with Crippen LogP contribution >= 0.6 is 11.3 Å². The summed E-state index contributed by atoms with van der Waals surface area (Å²) in [5.74, 6) is 0.820. The normalized spacial score (nSPS) is 16.7. The molecule has 0 saturated carbocycles. The second-order valence-electron chi connectivity index (χ2n) is 10.0. The van der Waals surface area contributed by atoms with Crippen molar-refractivity contribution in [1.82, 2.24) is 23.7 Å². The van der Waals surface area contributed by atoms with Gasteiger partial charge < -0.3 is 9.30 Å². The molecule has 1 aliphatic rings. The van der Waals surface area contributed by atoms with Crippen LogP contribution < -0.4 is 5.32 Å². The number of nitrogens with zero attached hydrogens (tertiary/aromatic N) is 5. The van der Waals surface area contributed by atoms with Gasteiger partial charge in [0.05, 0.1) is 17.6 Å². The van der Waals surface area contributed by atoms with Crippen LogP contribution in [0.25, 0.3) is 22.4 Å². The molecule has 1 aromatic carbocycles. The topological polar surface area (TPSA) is 110 Å². The third kappa shape index (κ3) is 6.61. The summed E-state index contributed by atoms with van der Waals surface area (Å²) in [7, 11) is -3.80. The summed E-state index contributed by atoms with van der Waals surface area (Å²) >= 11 is 1.16. The van der Waals surface area contributed by atoms with Crippen LogP contribution in [0.4, 0.5) is 10.5 Å². The number of benzene rings is 1. The smallest absolute Gasteiger partial charge is 0.413 e. The molecule has 1 amide bonds. The van der Waals surface area contributed by atoms with Crippen molar-refractivity contribution in [2.45, 2.75) is 56.5 Å². The molecule has 1 aliphatic heterocycles. The number of ether oxygens (including phenoxy) is 1. The highest BCUT2D eigenvalue weighted by molar-refractivity contribution is 7.91. The van der Waals surface area contributed by atoms with Crippen LogP contribution in [0.2, 0.25) is 0 Å². The number of sulfonamides is 1. The van der Waals surface area contributed by atoms with Crippen molar-refractivity contribution < 1.29 is 17.9 Å². The Kier molecular flexibility index (Phi) is 9.33. The van der Waals surface area contributed by atoms with E-state index in [1.807, 2.05) is 18.2 Å². The van der Waals surface area contributed by atoms with Crippen molar-refractivity contribution in [3.8, 4) is 11.4 Å². The predicted molar refractivity (Wildman–Crippen MR) is 161 cm³/mol. The van der Waals surface area contributed by atoms with Crippen LogP contribution in [-0.2, 0) is 21.3 Å². The third-order valence-electron chi connectivity index (χ3n) is 7.25. The zero-order valence-electron chi connectivity index (χ0n) is 23.4. The number of aryl methyl sites for hydroxylation is 1. The van der Waals surface area contributed by atoms with Crippen molar-refractivity contribution in [1.29, 1.82) is 0 Å². The molecular weight excluding hydrogens is 560 g/mol. The second-order valence-corrected chi connectivity index (χ2v) is 13.1. The Labute approximate surface area is 245 Å². The number of aromatic nitrogens is 3. The third-order valence-corrected chi connectivity index (χ3v) is 10.5. The Morgan fingerprint density at radius 3 is 2.66 bits per heavy atom. The van der Waals surface area contributed by atoms with E-state index < -0.39 is 22.3 Å². The number of nitrogens with one attached hydrogen (secondary N) is 1. The minimum Gasteiger partial charge on any atom is -0.428 e. The van der Waals surface area contributed by atoms with E-state index in [9.17, 15) is 13.2 Å². The zero-order chi connectivity index (χ0) is 28.8. The first-order valence-corrected chi connectivity index (χ1v) is 16.4. The molecule has 1 saturated heterocycles. The molecule has 1 atom stereocenters. The first kappa shape index (κ1) is 29.2. The summed E-state index contributed by atoms with van der Waals surface area (Å²) in [6, 6.07) is 12.6. The molecule has 1 N–H and O–H groups in total. The minimum atomic E-state index is -3.80. The predicted octanol–water partition coefficient (Wildman–Crippen LogP) is 5.64. The average molecular weight is 597 g/mol. The fourth-order valence-corrected chi connectivity index (χ4v) is 7.78. The zero-order valence-corrected chi connectivity index (χ0v) is 25.0. The maximum absolute atomic E-state index is 13.4. The Morgan fingerprint density at radius 2 is 1.93 bits per heavy atom. The second kappa shape index (κ2) is 13.1. The molecule has 1 unspecified atom stereocenters. The van der Waals surface area contributed by atoms with Crippen molar-refractivity contribution in [3.63, 3.8) is 0 Å². The molecule has 5 rings (SSSR count). The van der Waals surface area contributed by atoms with Crippen LogP contribution in [0.5, 0.6) is 0 Å². The monoisotopic (exact) mass is 596 g/mol. The first-order valence-electron chi connectivity index (χ1n) is 14.1. The van der Waals surface area contributed by atoms with Gasteiger partial charge in [0, 0.05) is 43.3 Å². The fraction of sp³-hybridized carbons (Fsp3) is 0.414. The molecule has 4 aromatic rings. The van der Waals surface area contributed by atoms with Gasteiger partial charge in [-0.2, -0.15) is 4.31 Å². The lowest BCUT2D eigenvalue weighted by Crippen LogP contribution is -2.56. The Morgan fingerprint density at radius 1 is 1.10 bits per heavy atom. The molecule has 12 heteroatoms. The number of piperazine rings is 1. The maximum Gasteiger partial charge on any atom is 0.413 e. The molecule has 10 nitrogen and oxygen atoms in total. The first-order chi connectivity index (χ1) is 19.9. The largest absolute Gasteiger partial charge is 0.428 e. The average Bonchev–Trinajstić information content (AvgIpc) is 3.65. The molecule has 41 heavy (non-hydrogen) atoms. The summed E-state index contributed by atoms with van der Waals surface area (Å²) < 4.78 is 36.3. The fourth-order valence-electron chi connectivity index (χ4n) is 5.17. The van der Waals surface area contributed by atoms with E-state index in [1.165, 1.54) is 10.7 Å². The van der Waals surface area contributed by atoms with Crippen molar-refractivity contribution in [2.24, 2.45) is 0 Å². The summed E-state index contributed by atoms with van der Waals surface area (Å²) in [5.41, 5.74) is 3.15. The number of fused-ring (bicyclic) bond motifs is 1. The highest BCUT2D eigenvalue weighted by atomic mass is 32.2. The van der Waals surface area contributed by atoms with Crippen LogP contribution in [-0.4, -0.2) is 70.7 Å². The van der Waals surface area contributed by atoms with Gasteiger partial charge in [-0.15, -0.1) is 11.3 Å². The van der Waals surface area contributed by atoms with Crippen LogP contribution in [0, 0.1) is 0 Å². The molecular formula is C29H36N6O4S2. The molecule has 3 aromatic heterocycles. The van der Waals surface area contributed by atoms with Crippen LogP contribution in [0.1, 0.15) is 39.5 Å². The summed E-state index contributed by atoms with van der Waals surface area (Å²) in [5, 5.41) is 4.52. The number of imidazole rings is 1. The van der Waals surface area contributed by atoms with Gasteiger partial charge in [-0.05, 0) is 61.7 Å². The van der Waals surface area contributed by atoms with Crippen molar-refractivity contribution in [2.75, 3.05) is 31.5 Å². The molecule has 0 spiro atoms. The van der Waals surface area contributed by atoms with Gasteiger partial charge in [0.1, 0.15) is 10.0 Å². The van der Waals surface area contributed by atoms with E-state index in [0.717, 1.165) is 66.1 Å². The summed E-state index contributed by atoms with van der Waals surface area (Å²) in [4.78, 5) is 24.2. The number of hydrogen-bond acceptors (Lipinski definition) is 8. The lowest BCUT2D eigenvalue weighted by atomic mass is 10.2. The number of rotatable bonds is 11. The summed E-state index contributed by atoms with van der Waals surface area (Å²) in [6.45, 7) is 6.96. The molecule has 218 valence electrons. The molecule has 1 fully saturated rings. The van der Waals surface area contributed by atoms with E-state index in [0.29, 0.717) is 18.8 Å². The number of amides is 1. The Bertz CT molecular complexity index is 1560. The number of anilines is 1. The molecule has 4 heterocycles. The van der Waals surface area contributed by atoms with Gasteiger partial charge >= 0.3 is 6.09 Å². The van der Waals surface area contributed by atoms with Gasteiger partial charge in [-0.1, -0.05) is 32.3 Å². The molecule has 0 bridgehead atoms. The van der Waals surface area contributed by atoms with Gasteiger partial charge in [0.15, 0.2) is 6.23 Å². The molecule has 0 aliphatic carbocycles. The van der Waals surface area contributed by atoms with Crippen LogP contribution in [0.15, 0.2) is 64.4 Å². The van der Waals surface area contributed by atoms with E-state index >= 15 is 0 Å². The van der Waals surface area contributed by atoms with Gasteiger partial charge in [0.25, 0.3) is 10.0 Å². The van der Waals surface area contributed by atoms with E-state index in [2.05, 4.69) is 33.6 Å². The number of carbonyl (C=O) groups is 1. The van der Waals surface area contributed by atoms with Crippen LogP contribution in [0.3, 0.4) is 0 Å². The standard InChI is InChI=1S/C29H36N6O4S2/c1-3-5-6-7-16-33-17-18-35(41(37,38)27-9-8-19-40-27)26(21-33)39-29(36)31-23-10-11-25-24(20-23)32-28(34(25)4-2)22-12-14-30-15-13-22/h8-15,19-20,26H,3-7,16-18,21H2,1-2H3,(H,31,36). The van der Waals surface area contributed by atoms with Gasteiger partial charge in [0.2, 0.25) is 0 Å². The van der Waals surface area contributed by atoms with Crippen molar-refractivity contribution in [3.05, 3.63) is 60.2 Å². The van der Waals surface area contributed by atoms with E-state index in [-0.39, 0.29) is 10.8 Å². The highest BCUT2D eigenvalue weighted by Crippen LogP contribution is 2.28. The lowest BCUT2D eigenvalue weighted by molar-refractivity contribution is -0.0166. The van der Waals surface area contributed by atoms with Gasteiger partial charge in [-0.25, -0.2) is 18.2 Å². The highest BCUT2D eigenvalue weighted by Gasteiger charge is 2.39. The Hall–Kier alpha value is -3.32. The maximum atomic E-state index is 13.4. The molecule has 0 radical (unpaired) electrons. The summed E-state index contributed by atoms with van der Waals surface area (Å²) in [6.07, 6.45) is 6.27. The number of thiophene rings is 1. The minimum absolute atomic E-state index is 0.241. The lowest BCUT2D eigenvalue weighted by Gasteiger charge is -2.39. The Balaban J connectivity index is 1.33. The van der Waals surface area contributed by atoms with E-state index in [4.69, 9.17) is 9.72 Å². The number of unbranched alkanes of at least 4 members (excludes halogenated alkanes) is 3. The van der Waals surface area contributed by atoms with Gasteiger partial charge in [-0.3, -0.25) is 15.2 Å². The SMILES string of the molecule is CCCCCCN1CCN(S(=O)(=O)c2cccs2)C(OC(=O)Nc2ccc3c(c2)nc(-c2ccncc2)n3CC)C1. The number of carbonyl (C=O) groups excluding carboxylic acids is 1. The number of hydrogen-bond donors (Lipinski definition) is 1. The van der Waals surface area contributed by atoms with E-state index in [1.54, 1.807) is 42.0 Å².